The third-order valence-electron chi connectivity index (χ3n) is 3.22. The van der Waals surface area contributed by atoms with Crippen molar-refractivity contribution in [1.29, 1.82) is 5.26 Å². The van der Waals surface area contributed by atoms with Crippen LogP contribution in [0.5, 0.6) is 0 Å². The van der Waals surface area contributed by atoms with Gasteiger partial charge in [0.25, 0.3) is 5.91 Å². The van der Waals surface area contributed by atoms with Crippen LogP contribution in [0, 0.1) is 17.1 Å². The fourth-order valence-corrected chi connectivity index (χ4v) is 4.00. The maximum Gasteiger partial charge on any atom is 0.262 e. The van der Waals surface area contributed by atoms with Crippen molar-refractivity contribution in [1.82, 2.24) is 5.32 Å². The summed E-state index contributed by atoms with van der Waals surface area (Å²) in [6.07, 6.45) is 1.35. The predicted octanol–water partition coefficient (Wildman–Crippen LogP) is 1.69. The molecule has 0 radical (unpaired) electrons. The topological polar surface area (TPSA) is 87.0 Å². The molecule has 1 N–H and O–H groups in total. The van der Waals surface area contributed by atoms with Crippen molar-refractivity contribution in [2.45, 2.75) is 12.5 Å². The number of sulfone groups is 1. The summed E-state index contributed by atoms with van der Waals surface area (Å²) in [5.41, 5.74) is -0.397. The molecule has 0 bridgehead atoms. The van der Waals surface area contributed by atoms with E-state index in [1.165, 1.54) is 12.1 Å². The van der Waals surface area contributed by atoms with Crippen molar-refractivity contribution in [3.8, 4) is 6.07 Å². The van der Waals surface area contributed by atoms with Crippen molar-refractivity contribution in [3.63, 3.8) is 0 Å². The Bertz CT molecular complexity index is 764. The number of hydrogen-bond acceptors (Lipinski definition) is 4. The van der Waals surface area contributed by atoms with Crippen LogP contribution in [0.2, 0.25) is 5.02 Å². The minimum absolute atomic E-state index is 0.00267. The predicted molar refractivity (Wildman–Crippen MR) is 80.2 cm³/mol. The molecule has 0 aromatic heterocycles. The highest BCUT2D eigenvalue weighted by atomic mass is 35.5. The van der Waals surface area contributed by atoms with Gasteiger partial charge >= 0.3 is 0 Å². The number of hydrogen-bond donors (Lipinski definition) is 1. The molecule has 1 saturated heterocycles. The van der Waals surface area contributed by atoms with Crippen LogP contribution >= 0.6 is 11.6 Å². The van der Waals surface area contributed by atoms with Crippen molar-refractivity contribution in [2.24, 2.45) is 0 Å². The van der Waals surface area contributed by atoms with Gasteiger partial charge in [-0.2, -0.15) is 5.26 Å². The van der Waals surface area contributed by atoms with Crippen LogP contribution < -0.4 is 5.32 Å². The third-order valence-corrected chi connectivity index (χ3v) is 5.32. The molecule has 1 atom stereocenters. The van der Waals surface area contributed by atoms with E-state index in [0.29, 0.717) is 6.42 Å². The lowest BCUT2D eigenvalue weighted by Gasteiger charge is -2.10. The zero-order chi connectivity index (χ0) is 16.3. The van der Waals surface area contributed by atoms with Gasteiger partial charge < -0.3 is 5.32 Å². The number of nitriles is 1. The first-order valence-corrected chi connectivity index (χ1v) is 8.59. The molecule has 1 fully saturated rings. The van der Waals surface area contributed by atoms with Crippen LogP contribution in [0.4, 0.5) is 4.39 Å². The number of carbonyl (C=O) groups excluding carboxylic acids is 1. The van der Waals surface area contributed by atoms with Crippen molar-refractivity contribution < 1.29 is 17.6 Å². The van der Waals surface area contributed by atoms with Crippen LogP contribution in [-0.2, 0) is 14.6 Å². The Labute approximate surface area is 132 Å². The molecule has 1 amide bonds. The Hall–Kier alpha value is -1.91. The second kappa shape index (κ2) is 6.46. The highest BCUT2D eigenvalue weighted by Crippen LogP contribution is 2.22. The number of nitrogens with zero attached hydrogens (tertiary/aromatic N) is 1. The molecule has 1 aliphatic rings. The van der Waals surface area contributed by atoms with Crippen LogP contribution in [-0.4, -0.2) is 31.9 Å². The third kappa shape index (κ3) is 3.84. The van der Waals surface area contributed by atoms with E-state index in [0.717, 1.165) is 12.1 Å². The molecule has 1 aromatic rings. The molecule has 1 aromatic carbocycles. The first-order chi connectivity index (χ1) is 10.3. The van der Waals surface area contributed by atoms with Gasteiger partial charge in [0.1, 0.15) is 17.5 Å². The van der Waals surface area contributed by atoms with Gasteiger partial charge in [0.05, 0.1) is 16.5 Å². The van der Waals surface area contributed by atoms with E-state index >= 15 is 0 Å². The molecule has 5 nitrogen and oxygen atoms in total. The number of rotatable bonds is 3. The second-order valence-electron chi connectivity index (χ2n) is 4.88. The summed E-state index contributed by atoms with van der Waals surface area (Å²) >= 11 is 5.84. The van der Waals surface area contributed by atoms with Gasteiger partial charge in [-0.25, -0.2) is 12.8 Å². The molecule has 0 saturated carbocycles. The van der Waals surface area contributed by atoms with E-state index in [-0.39, 0.29) is 27.7 Å². The maximum atomic E-state index is 13.7. The van der Waals surface area contributed by atoms with Gasteiger partial charge in [-0.3, -0.25) is 4.79 Å². The molecule has 1 heterocycles. The van der Waals surface area contributed by atoms with Gasteiger partial charge in [0, 0.05) is 11.6 Å². The van der Waals surface area contributed by atoms with E-state index in [4.69, 9.17) is 16.9 Å². The molecule has 0 spiro atoms. The summed E-state index contributed by atoms with van der Waals surface area (Å²) < 4.78 is 36.4. The maximum absolute atomic E-state index is 13.7. The van der Waals surface area contributed by atoms with E-state index in [9.17, 15) is 17.6 Å². The first kappa shape index (κ1) is 16.5. The zero-order valence-electron chi connectivity index (χ0n) is 11.3. The summed E-state index contributed by atoms with van der Waals surface area (Å²) in [6, 6.07) is 5.14. The first-order valence-electron chi connectivity index (χ1n) is 6.39. The van der Waals surface area contributed by atoms with E-state index < -0.39 is 27.6 Å². The molecule has 8 heteroatoms. The fraction of sp³-hybridized carbons (Fsp3) is 0.286. The fourth-order valence-electron chi connectivity index (χ4n) is 2.11. The largest absolute Gasteiger partial charge is 0.348 e. The molecule has 0 unspecified atom stereocenters. The normalized spacial score (nSPS) is 20.4. The Morgan fingerprint density at radius 3 is 2.77 bits per heavy atom. The van der Waals surface area contributed by atoms with Gasteiger partial charge in [0.2, 0.25) is 0 Å². The summed E-state index contributed by atoms with van der Waals surface area (Å²) in [4.78, 5) is 12.0. The van der Waals surface area contributed by atoms with Gasteiger partial charge in [-0.1, -0.05) is 17.7 Å². The minimum Gasteiger partial charge on any atom is -0.348 e. The Morgan fingerprint density at radius 1 is 1.50 bits per heavy atom. The number of nitrogens with one attached hydrogen (secondary N) is 1. The van der Waals surface area contributed by atoms with Crippen molar-refractivity contribution in [2.75, 3.05) is 11.5 Å². The molecular formula is C14H12ClFN2O3S. The van der Waals surface area contributed by atoms with E-state index in [2.05, 4.69) is 5.32 Å². The number of benzene rings is 1. The average Bonchev–Trinajstić information content (AvgIpc) is 2.77. The Balaban J connectivity index is 2.20. The Kier molecular flexibility index (Phi) is 4.84. The smallest absolute Gasteiger partial charge is 0.262 e. The van der Waals surface area contributed by atoms with Crippen LogP contribution in [0.1, 0.15) is 12.0 Å². The lowest BCUT2D eigenvalue weighted by Crippen LogP contribution is -2.36. The lowest BCUT2D eigenvalue weighted by atomic mass is 10.1. The lowest BCUT2D eigenvalue weighted by molar-refractivity contribution is -0.117. The number of halogens is 2. The zero-order valence-corrected chi connectivity index (χ0v) is 12.9. The summed E-state index contributed by atoms with van der Waals surface area (Å²) in [6.45, 7) is 0. The van der Waals surface area contributed by atoms with Crippen molar-refractivity contribution in [3.05, 3.63) is 40.2 Å². The van der Waals surface area contributed by atoms with Gasteiger partial charge in [0.15, 0.2) is 9.84 Å². The van der Waals surface area contributed by atoms with E-state index in [1.807, 2.05) is 0 Å². The SMILES string of the molecule is N#C/C(=C\c1c(F)cccc1Cl)C(=O)N[C@@H]1CCS(=O)(=O)C1. The number of carbonyl (C=O) groups is 1. The molecular weight excluding hydrogens is 331 g/mol. The summed E-state index contributed by atoms with van der Waals surface area (Å²) in [5.74, 6) is -1.55. The number of amides is 1. The highest BCUT2D eigenvalue weighted by molar-refractivity contribution is 7.91. The molecule has 1 aliphatic heterocycles. The molecule has 0 aliphatic carbocycles. The van der Waals surface area contributed by atoms with Gasteiger partial charge in [-0.15, -0.1) is 0 Å². The summed E-state index contributed by atoms with van der Waals surface area (Å²) in [7, 11) is -3.14. The summed E-state index contributed by atoms with van der Waals surface area (Å²) in [5, 5.41) is 11.6. The van der Waals surface area contributed by atoms with Gasteiger partial charge in [-0.05, 0) is 24.6 Å². The molecule has 116 valence electrons. The highest BCUT2D eigenvalue weighted by Gasteiger charge is 2.29. The average molecular weight is 343 g/mol. The molecule has 2 rings (SSSR count). The second-order valence-corrected chi connectivity index (χ2v) is 7.51. The minimum atomic E-state index is -3.14. The van der Waals surface area contributed by atoms with Crippen LogP contribution in [0.15, 0.2) is 23.8 Å². The van der Waals surface area contributed by atoms with Crippen LogP contribution in [0.25, 0.3) is 6.08 Å². The molecule has 22 heavy (non-hydrogen) atoms. The Morgan fingerprint density at radius 2 is 2.23 bits per heavy atom. The van der Waals surface area contributed by atoms with E-state index in [1.54, 1.807) is 6.07 Å². The van der Waals surface area contributed by atoms with Crippen LogP contribution in [0.3, 0.4) is 0 Å². The quantitative estimate of drug-likeness (QED) is 0.669. The monoisotopic (exact) mass is 342 g/mol. The standard InChI is InChI=1S/C14H12ClFN2O3S/c15-12-2-1-3-13(16)11(12)6-9(7-17)14(19)18-10-4-5-22(20,21)8-10/h1-3,6,10H,4-5,8H2,(H,18,19)/b9-6+/t10-/m1/s1. The van der Waals surface area contributed by atoms with Crippen molar-refractivity contribution >= 4 is 33.4 Å².